The highest BCUT2D eigenvalue weighted by Crippen LogP contribution is 2.36. The van der Waals surface area contributed by atoms with Crippen LogP contribution in [0.4, 0.5) is 0 Å². The van der Waals surface area contributed by atoms with Gasteiger partial charge in [0.15, 0.2) is 17.3 Å². The van der Waals surface area contributed by atoms with Gasteiger partial charge in [0, 0.05) is 21.8 Å². The summed E-state index contributed by atoms with van der Waals surface area (Å²) in [6.07, 6.45) is -0.473. The van der Waals surface area contributed by atoms with Crippen molar-refractivity contribution in [3.63, 3.8) is 0 Å². The van der Waals surface area contributed by atoms with Crippen LogP contribution in [0.3, 0.4) is 0 Å². The van der Waals surface area contributed by atoms with Crippen LogP contribution in [0.25, 0.3) is 0 Å². The molecule has 0 N–H and O–H groups in total. The second-order valence-electron chi connectivity index (χ2n) is 7.43. The number of carbonyl (C=O) groups is 1. The second kappa shape index (κ2) is 8.84. The van der Waals surface area contributed by atoms with E-state index in [4.69, 9.17) is 13.9 Å². The number of ether oxygens (including phenoxy) is 2. The number of hydrogen-bond acceptors (Lipinski definition) is 8. The highest BCUT2D eigenvalue weighted by Gasteiger charge is 2.27. The predicted molar refractivity (Wildman–Crippen MR) is 122 cm³/mol. The number of carbonyl (C=O) groups excluding carboxylic acids is 1. The van der Waals surface area contributed by atoms with E-state index in [0.29, 0.717) is 29.2 Å². The van der Waals surface area contributed by atoms with E-state index in [0.717, 1.165) is 23.5 Å². The smallest absolute Gasteiger partial charge is 0.277 e. The Balaban J connectivity index is 1.22. The van der Waals surface area contributed by atoms with Gasteiger partial charge in [-0.25, -0.2) is 0 Å². The largest absolute Gasteiger partial charge is 0.485 e. The van der Waals surface area contributed by atoms with Crippen molar-refractivity contribution in [1.29, 1.82) is 0 Å². The molecule has 1 aromatic carbocycles. The van der Waals surface area contributed by atoms with Crippen molar-refractivity contribution in [2.45, 2.75) is 31.7 Å². The van der Waals surface area contributed by atoms with Crippen molar-refractivity contribution in [1.82, 2.24) is 14.8 Å². The molecule has 4 aromatic rings. The molecule has 0 saturated carbocycles. The molecule has 0 fully saturated rings. The average molecular weight is 468 g/mol. The zero-order valence-corrected chi connectivity index (χ0v) is 19.2. The SMILES string of the molecule is Cc1cc(C(=O)CSc2nnc([C@H]3COc4ccccc4O3)o2)c(C)n1Cc1cccs1. The fourth-order valence-corrected chi connectivity index (χ4v) is 4.99. The Morgan fingerprint density at radius 2 is 2.03 bits per heavy atom. The van der Waals surface area contributed by atoms with Gasteiger partial charge in [-0.05, 0) is 43.5 Å². The molecule has 0 amide bonds. The molecule has 4 heterocycles. The number of benzene rings is 1. The number of thioether (sulfide) groups is 1. The minimum Gasteiger partial charge on any atom is -0.485 e. The molecule has 1 aliphatic rings. The van der Waals surface area contributed by atoms with Crippen molar-refractivity contribution >= 4 is 28.9 Å². The lowest BCUT2D eigenvalue weighted by Gasteiger charge is -2.23. The molecule has 5 rings (SSSR count). The van der Waals surface area contributed by atoms with E-state index in [-0.39, 0.29) is 11.5 Å². The first kappa shape index (κ1) is 20.8. The number of fused-ring (bicyclic) bond motifs is 1. The van der Waals surface area contributed by atoms with Crippen molar-refractivity contribution in [2.24, 2.45) is 0 Å². The van der Waals surface area contributed by atoms with Crippen LogP contribution in [0.2, 0.25) is 0 Å². The molecule has 7 nitrogen and oxygen atoms in total. The molecular formula is C23H21N3O4S2. The standard InChI is InChI=1S/C23H21N3O4S2/c1-14-10-17(15(2)26(14)11-16-6-5-9-31-16)18(27)13-32-23-25-24-22(30-23)21-12-28-19-7-3-4-8-20(19)29-21/h3-10,21H,11-13H2,1-2H3/t21-/m1/s1. The van der Waals surface area contributed by atoms with Crippen LogP contribution >= 0.6 is 23.1 Å². The normalized spacial score (nSPS) is 15.1. The van der Waals surface area contributed by atoms with E-state index in [1.165, 1.54) is 16.6 Å². The molecule has 0 bridgehead atoms. The molecule has 0 spiro atoms. The number of thiophene rings is 1. The van der Waals surface area contributed by atoms with Crippen molar-refractivity contribution in [2.75, 3.05) is 12.4 Å². The second-order valence-corrected chi connectivity index (χ2v) is 9.39. The van der Waals surface area contributed by atoms with Crippen LogP contribution in [-0.4, -0.2) is 32.9 Å². The summed E-state index contributed by atoms with van der Waals surface area (Å²) >= 11 is 2.94. The maximum absolute atomic E-state index is 12.9. The van der Waals surface area contributed by atoms with E-state index in [9.17, 15) is 4.79 Å². The minimum atomic E-state index is -0.473. The topological polar surface area (TPSA) is 79.4 Å². The zero-order chi connectivity index (χ0) is 22.1. The lowest BCUT2D eigenvalue weighted by molar-refractivity contribution is 0.0686. The Morgan fingerprint density at radius 3 is 2.84 bits per heavy atom. The third-order valence-corrected chi connectivity index (χ3v) is 6.98. The van der Waals surface area contributed by atoms with Crippen molar-refractivity contribution < 1.29 is 18.7 Å². The van der Waals surface area contributed by atoms with Gasteiger partial charge < -0.3 is 18.5 Å². The van der Waals surface area contributed by atoms with Crippen LogP contribution in [-0.2, 0) is 6.54 Å². The first-order valence-corrected chi connectivity index (χ1v) is 12.0. The summed E-state index contributed by atoms with van der Waals surface area (Å²) in [6, 6.07) is 13.6. The molecule has 9 heteroatoms. The van der Waals surface area contributed by atoms with E-state index in [1.807, 2.05) is 50.2 Å². The molecular weight excluding hydrogens is 446 g/mol. The Bertz CT molecular complexity index is 1250. The summed E-state index contributed by atoms with van der Waals surface area (Å²) in [5, 5.41) is 10.5. The lowest BCUT2D eigenvalue weighted by atomic mass is 10.2. The Kier molecular flexibility index (Phi) is 5.75. The van der Waals surface area contributed by atoms with E-state index in [1.54, 1.807) is 11.3 Å². The predicted octanol–water partition coefficient (Wildman–Crippen LogP) is 5.09. The number of ketones is 1. The summed E-state index contributed by atoms with van der Waals surface area (Å²) in [6.45, 7) is 5.08. The van der Waals surface area contributed by atoms with Crippen LogP contribution in [0, 0.1) is 13.8 Å². The number of Topliss-reactive ketones (excluding diaryl/α,β-unsaturated/α-hetero) is 1. The fraction of sp³-hybridized carbons (Fsp3) is 0.261. The highest BCUT2D eigenvalue weighted by molar-refractivity contribution is 7.99. The van der Waals surface area contributed by atoms with Gasteiger partial charge in [0.2, 0.25) is 6.10 Å². The number of aryl methyl sites for hydroxylation is 1. The Hall–Kier alpha value is -3.04. The molecule has 1 aliphatic heterocycles. The van der Waals surface area contributed by atoms with Gasteiger partial charge in [0.25, 0.3) is 11.1 Å². The zero-order valence-electron chi connectivity index (χ0n) is 17.6. The van der Waals surface area contributed by atoms with Crippen molar-refractivity contribution in [3.8, 4) is 11.5 Å². The third-order valence-electron chi connectivity index (χ3n) is 5.30. The maximum atomic E-state index is 12.9. The molecule has 32 heavy (non-hydrogen) atoms. The summed E-state index contributed by atoms with van der Waals surface area (Å²) in [5.41, 5.74) is 2.77. The van der Waals surface area contributed by atoms with E-state index >= 15 is 0 Å². The highest BCUT2D eigenvalue weighted by atomic mass is 32.2. The fourth-order valence-electron chi connectivity index (χ4n) is 3.64. The first-order chi connectivity index (χ1) is 15.6. The monoisotopic (exact) mass is 467 g/mol. The maximum Gasteiger partial charge on any atom is 0.277 e. The quantitative estimate of drug-likeness (QED) is 0.277. The Morgan fingerprint density at radius 1 is 1.19 bits per heavy atom. The van der Waals surface area contributed by atoms with E-state index in [2.05, 4.69) is 26.2 Å². The van der Waals surface area contributed by atoms with Crippen LogP contribution in [0.5, 0.6) is 11.5 Å². The van der Waals surface area contributed by atoms with Crippen LogP contribution in [0.15, 0.2) is 57.5 Å². The van der Waals surface area contributed by atoms with Gasteiger partial charge in [0.1, 0.15) is 6.61 Å². The van der Waals surface area contributed by atoms with Crippen LogP contribution in [0.1, 0.15) is 38.6 Å². The molecule has 0 aliphatic carbocycles. The summed E-state index contributed by atoms with van der Waals surface area (Å²) < 4.78 is 19.5. The van der Waals surface area contributed by atoms with Crippen LogP contribution < -0.4 is 9.47 Å². The molecule has 0 radical (unpaired) electrons. The molecule has 3 aromatic heterocycles. The number of aromatic nitrogens is 3. The van der Waals surface area contributed by atoms with Crippen molar-refractivity contribution in [3.05, 3.63) is 75.6 Å². The summed E-state index contributed by atoms with van der Waals surface area (Å²) in [4.78, 5) is 14.1. The Labute approximate surface area is 193 Å². The number of hydrogen-bond donors (Lipinski definition) is 0. The average Bonchev–Trinajstić information content (AvgIpc) is 3.55. The summed E-state index contributed by atoms with van der Waals surface area (Å²) in [5.74, 6) is 1.93. The third kappa shape index (κ3) is 4.18. The minimum absolute atomic E-state index is 0.0338. The molecule has 1 atom stereocenters. The first-order valence-electron chi connectivity index (χ1n) is 10.2. The number of para-hydroxylation sites is 2. The van der Waals surface area contributed by atoms with Gasteiger partial charge >= 0.3 is 0 Å². The van der Waals surface area contributed by atoms with Gasteiger partial charge in [-0.2, -0.15) is 0 Å². The number of nitrogens with zero attached hydrogens (tertiary/aromatic N) is 3. The van der Waals surface area contributed by atoms with Gasteiger partial charge in [-0.15, -0.1) is 21.5 Å². The van der Waals surface area contributed by atoms with Gasteiger partial charge in [0.05, 0.1) is 12.3 Å². The molecule has 0 saturated heterocycles. The number of rotatable bonds is 7. The molecule has 0 unspecified atom stereocenters. The molecule has 164 valence electrons. The lowest BCUT2D eigenvalue weighted by Crippen LogP contribution is -2.21. The summed E-state index contributed by atoms with van der Waals surface area (Å²) in [7, 11) is 0. The van der Waals surface area contributed by atoms with Gasteiger partial charge in [-0.1, -0.05) is 30.0 Å². The van der Waals surface area contributed by atoms with Gasteiger partial charge in [-0.3, -0.25) is 4.79 Å². The van der Waals surface area contributed by atoms with E-state index < -0.39 is 6.10 Å².